The lowest BCUT2D eigenvalue weighted by atomic mass is 9.99. The van der Waals surface area contributed by atoms with Crippen molar-refractivity contribution in [2.45, 2.75) is 336 Å². The van der Waals surface area contributed by atoms with Gasteiger partial charge in [0, 0.05) is 19.3 Å². The molecule has 0 aliphatic rings. The molecule has 0 saturated carbocycles. The van der Waals surface area contributed by atoms with E-state index in [1.807, 2.05) is 0 Å². The average Bonchev–Trinajstić information content (AvgIpc) is 3.29. The predicted octanol–water partition coefficient (Wildman–Crippen LogP) is 19.0. The summed E-state index contributed by atoms with van der Waals surface area (Å²) in [4.78, 5) is 38.0. The zero-order valence-corrected chi connectivity index (χ0v) is 43.8. The zero-order chi connectivity index (χ0) is 46.7. The van der Waals surface area contributed by atoms with Gasteiger partial charge in [-0.2, -0.15) is 0 Å². The van der Waals surface area contributed by atoms with Crippen LogP contribution in [-0.2, 0) is 28.6 Å². The standard InChI is InChI=1S/C58H112O6/c1-5-8-10-12-14-16-17-18-19-20-21-22-23-28-31-35-39-43-47-51-58(61)64-55(52-62-56(59)49-45-41-37-32-15-13-11-9-6-2)53-63-57(60)50-46-42-38-34-30-27-25-24-26-29-33-36-40-44-48-54(4)7-3/h54-55H,5-53H2,1-4H3/t54?,55-/m1/s1. The molecule has 0 rings (SSSR count). The maximum absolute atomic E-state index is 12.8. The van der Waals surface area contributed by atoms with E-state index < -0.39 is 6.10 Å². The first-order valence-electron chi connectivity index (χ1n) is 28.9. The highest BCUT2D eigenvalue weighted by molar-refractivity contribution is 5.71. The maximum Gasteiger partial charge on any atom is 0.306 e. The minimum atomic E-state index is -0.761. The quantitative estimate of drug-likeness (QED) is 0.0344. The minimum Gasteiger partial charge on any atom is -0.462 e. The first-order chi connectivity index (χ1) is 31.4. The molecule has 0 heterocycles. The maximum atomic E-state index is 12.8. The van der Waals surface area contributed by atoms with E-state index >= 15 is 0 Å². The van der Waals surface area contributed by atoms with E-state index in [1.165, 1.54) is 225 Å². The Balaban J connectivity index is 4.21. The van der Waals surface area contributed by atoms with Crippen LogP contribution in [0.15, 0.2) is 0 Å². The van der Waals surface area contributed by atoms with Crippen LogP contribution < -0.4 is 0 Å². The summed E-state index contributed by atoms with van der Waals surface area (Å²) in [6.45, 7) is 9.08. The molecule has 1 unspecified atom stereocenters. The lowest BCUT2D eigenvalue weighted by molar-refractivity contribution is -0.167. The van der Waals surface area contributed by atoms with Crippen molar-refractivity contribution in [3.63, 3.8) is 0 Å². The second-order valence-electron chi connectivity index (χ2n) is 20.2. The summed E-state index contributed by atoms with van der Waals surface area (Å²) >= 11 is 0. The molecule has 0 spiro atoms. The van der Waals surface area contributed by atoms with Crippen LogP contribution in [0.5, 0.6) is 0 Å². The molecular weight excluding hydrogens is 793 g/mol. The summed E-state index contributed by atoms with van der Waals surface area (Å²) in [6.07, 6.45) is 56.7. The van der Waals surface area contributed by atoms with Gasteiger partial charge in [0.05, 0.1) is 0 Å². The van der Waals surface area contributed by atoms with E-state index in [9.17, 15) is 14.4 Å². The van der Waals surface area contributed by atoms with Crippen LogP contribution in [0.3, 0.4) is 0 Å². The summed E-state index contributed by atoms with van der Waals surface area (Å²) in [5.74, 6) is 0.0564. The molecule has 0 aromatic heterocycles. The van der Waals surface area contributed by atoms with Crippen LogP contribution in [0, 0.1) is 5.92 Å². The summed E-state index contributed by atoms with van der Waals surface area (Å²) in [5.41, 5.74) is 0. The Morgan fingerprint density at radius 1 is 0.312 bits per heavy atom. The Labute approximate surface area is 399 Å². The number of ether oxygens (including phenoxy) is 3. The summed E-state index contributed by atoms with van der Waals surface area (Å²) in [6, 6.07) is 0. The Morgan fingerprint density at radius 3 is 0.812 bits per heavy atom. The van der Waals surface area contributed by atoms with E-state index in [1.54, 1.807) is 0 Å². The third kappa shape index (κ3) is 49.8. The van der Waals surface area contributed by atoms with E-state index in [2.05, 4.69) is 27.7 Å². The Morgan fingerprint density at radius 2 is 0.547 bits per heavy atom. The van der Waals surface area contributed by atoms with Crippen LogP contribution in [0.25, 0.3) is 0 Å². The van der Waals surface area contributed by atoms with Gasteiger partial charge in [0.2, 0.25) is 0 Å². The molecule has 0 aromatic carbocycles. The fraction of sp³-hybridized carbons (Fsp3) is 0.948. The van der Waals surface area contributed by atoms with Gasteiger partial charge in [0.15, 0.2) is 6.10 Å². The SMILES string of the molecule is CCCCCCCCCCCCCCCCCCCCCC(=O)O[C@H](COC(=O)CCCCCCCCCCC)COC(=O)CCCCCCCCCCCCCCCCC(C)CC. The smallest absolute Gasteiger partial charge is 0.306 e. The lowest BCUT2D eigenvalue weighted by Gasteiger charge is -2.18. The number of rotatable bonds is 53. The Kier molecular flexibility index (Phi) is 51.1. The van der Waals surface area contributed by atoms with E-state index in [4.69, 9.17) is 14.2 Å². The number of esters is 3. The molecule has 6 heteroatoms. The molecule has 380 valence electrons. The fourth-order valence-corrected chi connectivity index (χ4v) is 8.89. The fourth-order valence-electron chi connectivity index (χ4n) is 8.89. The normalized spacial score (nSPS) is 12.4. The van der Waals surface area contributed by atoms with Crippen LogP contribution in [-0.4, -0.2) is 37.2 Å². The molecule has 0 N–H and O–H groups in total. The van der Waals surface area contributed by atoms with Crippen LogP contribution >= 0.6 is 0 Å². The van der Waals surface area contributed by atoms with Gasteiger partial charge < -0.3 is 14.2 Å². The number of carbonyl (C=O) groups excluding carboxylic acids is 3. The van der Waals surface area contributed by atoms with Crippen molar-refractivity contribution in [2.75, 3.05) is 13.2 Å². The molecule has 6 nitrogen and oxygen atoms in total. The molecule has 0 aliphatic heterocycles. The van der Waals surface area contributed by atoms with E-state index in [0.29, 0.717) is 19.3 Å². The minimum absolute atomic E-state index is 0.0622. The predicted molar refractivity (Wildman–Crippen MR) is 275 cm³/mol. The van der Waals surface area contributed by atoms with Gasteiger partial charge in [0.1, 0.15) is 13.2 Å². The third-order valence-electron chi connectivity index (χ3n) is 13.7. The van der Waals surface area contributed by atoms with Crippen molar-refractivity contribution < 1.29 is 28.6 Å². The first kappa shape index (κ1) is 62.4. The molecule has 2 atom stereocenters. The van der Waals surface area contributed by atoms with Gasteiger partial charge in [-0.15, -0.1) is 0 Å². The lowest BCUT2D eigenvalue weighted by Crippen LogP contribution is -2.30. The van der Waals surface area contributed by atoms with E-state index in [-0.39, 0.29) is 31.1 Å². The van der Waals surface area contributed by atoms with Crippen molar-refractivity contribution >= 4 is 17.9 Å². The van der Waals surface area contributed by atoms with Crippen LogP contribution in [0.1, 0.15) is 329 Å². The van der Waals surface area contributed by atoms with Crippen molar-refractivity contribution in [1.29, 1.82) is 0 Å². The summed E-state index contributed by atoms with van der Waals surface area (Å²) < 4.78 is 16.8. The topological polar surface area (TPSA) is 78.9 Å². The van der Waals surface area contributed by atoms with Gasteiger partial charge in [-0.05, 0) is 25.2 Å². The van der Waals surface area contributed by atoms with Crippen molar-refractivity contribution in [1.82, 2.24) is 0 Å². The Bertz CT molecular complexity index is 966. The molecule has 0 radical (unpaired) electrons. The highest BCUT2D eigenvalue weighted by atomic mass is 16.6. The van der Waals surface area contributed by atoms with E-state index in [0.717, 1.165) is 63.7 Å². The molecule has 0 saturated heterocycles. The summed E-state index contributed by atoms with van der Waals surface area (Å²) in [5, 5.41) is 0. The Hall–Kier alpha value is -1.59. The van der Waals surface area contributed by atoms with Crippen molar-refractivity contribution in [2.24, 2.45) is 5.92 Å². The van der Waals surface area contributed by atoms with Crippen LogP contribution in [0.2, 0.25) is 0 Å². The monoisotopic (exact) mass is 905 g/mol. The van der Waals surface area contributed by atoms with Gasteiger partial charge >= 0.3 is 17.9 Å². The van der Waals surface area contributed by atoms with Gasteiger partial charge in [-0.25, -0.2) is 0 Å². The van der Waals surface area contributed by atoms with Gasteiger partial charge in [-0.3, -0.25) is 14.4 Å². The first-order valence-corrected chi connectivity index (χ1v) is 28.9. The number of hydrogen-bond acceptors (Lipinski definition) is 6. The number of unbranched alkanes of at least 4 members (excludes halogenated alkanes) is 39. The molecule has 0 fully saturated rings. The second kappa shape index (κ2) is 52.4. The molecule has 0 aliphatic carbocycles. The zero-order valence-electron chi connectivity index (χ0n) is 43.8. The third-order valence-corrected chi connectivity index (χ3v) is 13.7. The van der Waals surface area contributed by atoms with Crippen molar-refractivity contribution in [3.05, 3.63) is 0 Å². The molecule has 0 bridgehead atoms. The number of hydrogen-bond donors (Lipinski definition) is 0. The van der Waals surface area contributed by atoms with Crippen molar-refractivity contribution in [3.8, 4) is 0 Å². The molecule has 0 amide bonds. The highest BCUT2D eigenvalue weighted by Gasteiger charge is 2.19. The summed E-state index contributed by atoms with van der Waals surface area (Å²) in [7, 11) is 0. The number of carbonyl (C=O) groups is 3. The van der Waals surface area contributed by atoms with Gasteiger partial charge in [0.25, 0.3) is 0 Å². The molecular formula is C58H112O6. The molecule has 0 aromatic rings. The van der Waals surface area contributed by atoms with Crippen LogP contribution in [0.4, 0.5) is 0 Å². The largest absolute Gasteiger partial charge is 0.462 e. The second-order valence-corrected chi connectivity index (χ2v) is 20.2. The molecule has 64 heavy (non-hydrogen) atoms. The highest BCUT2D eigenvalue weighted by Crippen LogP contribution is 2.18. The average molecular weight is 906 g/mol. The van der Waals surface area contributed by atoms with Gasteiger partial charge in [-0.1, -0.05) is 291 Å².